The molecule has 9 heteroatoms. The number of rotatable bonds is 9. The van der Waals surface area contributed by atoms with Crippen LogP contribution in [-0.4, -0.2) is 59.9 Å². The number of hydrogen-bond acceptors (Lipinski definition) is 7. The predicted octanol–water partition coefficient (Wildman–Crippen LogP) is 6.76. The van der Waals surface area contributed by atoms with Gasteiger partial charge in [0.1, 0.15) is 17.7 Å². The number of amides is 2. The molecule has 0 bridgehead atoms. The van der Waals surface area contributed by atoms with E-state index in [9.17, 15) is 9.59 Å². The molecule has 1 saturated heterocycles. The molecule has 0 spiro atoms. The van der Waals surface area contributed by atoms with Crippen molar-refractivity contribution in [1.82, 2.24) is 15.3 Å². The van der Waals surface area contributed by atoms with Crippen molar-refractivity contribution >= 4 is 28.7 Å². The molecule has 2 heterocycles. The van der Waals surface area contributed by atoms with Gasteiger partial charge in [0.25, 0.3) is 5.91 Å². The van der Waals surface area contributed by atoms with Crippen LogP contribution in [0, 0.1) is 0 Å². The largest absolute Gasteiger partial charge is 0.444 e. The zero-order valence-electron chi connectivity index (χ0n) is 27.2. The summed E-state index contributed by atoms with van der Waals surface area (Å²) in [5.41, 5.74) is 9.77. The number of anilines is 1. The van der Waals surface area contributed by atoms with Crippen LogP contribution in [0.15, 0.2) is 42.7 Å². The molecule has 2 aliphatic rings. The number of nitrogens with two attached hydrogens (primary N) is 1. The van der Waals surface area contributed by atoms with Crippen molar-refractivity contribution in [2.75, 3.05) is 31.2 Å². The van der Waals surface area contributed by atoms with Gasteiger partial charge in [-0.25, -0.2) is 14.8 Å². The minimum atomic E-state index is -0.531. The van der Waals surface area contributed by atoms with E-state index < -0.39 is 17.6 Å². The number of carbonyl (C=O) groups excluding carboxylic acids is 2. The second kappa shape index (κ2) is 14.4. The number of piperidine rings is 1. The first-order valence-corrected chi connectivity index (χ1v) is 16.0. The van der Waals surface area contributed by atoms with E-state index in [2.05, 4.69) is 71.3 Å². The molecule has 5 rings (SSSR count). The summed E-state index contributed by atoms with van der Waals surface area (Å²) < 4.78 is 10.5. The standard InChI is InChI=1S/C29H35N5O3.C6H14O/c1-28(2,3)37-27(36)33-21-9-13-34(14-10-21)26-23-16-19(15-22(25(30)35)24(23)31-17-32-26)18-5-7-20(8-6-18)29(4)11-12-29;1-3-5-7-6-4-2/h5-8,15-17,21H,9-14H2,1-4H3,(H2,30,35)(H,33,36);3-6H2,1-2H3. The molecular weight excluding hydrogens is 554 g/mol. The fraction of sp³-hybridized carbons (Fsp3) is 0.543. The topological polar surface area (TPSA) is 120 Å². The number of aromatic nitrogens is 2. The number of carbonyl (C=O) groups is 2. The molecule has 238 valence electrons. The van der Waals surface area contributed by atoms with Crippen LogP contribution in [0.1, 0.15) is 96.0 Å². The Bertz CT molecular complexity index is 1420. The summed E-state index contributed by atoms with van der Waals surface area (Å²) in [4.78, 5) is 35.8. The number of primary amides is 1. The highest BCUT2D eigenvalue weighted by Gasteiger charge is 2.38. The summed E-state index contributed by atoms with van der Waals surface area (Å²) in [5, 5.41) is 3.77. The Balaban J connectivity index is 0.000000566. The highest BCUT2D eigenvalue weighted by molar-refractivity contribution is 6.09. The summed E-state index contributed by atoms with van der Waals surface area (Å²) in [6.45, 7) is 15.3. The molecule has 1 saturated carbocycles. The molecule has 3 aromatic rings. The van der Waals surface area contributed by atoms with Crippen LogP contribution in [-0.2, 0) is 14.9 Å². The molecule has 1 aliphatic carbocycles. The number of nitrogens with one attached hydrogen (secondary N) is 1. The van der Waals surface area contributed by atoms with Gasteiger partial charge in [0, 0.05) is 37.7 Å². The molecule has 1 aromatic heterocycles. The lowest BCUT2D eigenvalue weighted by Crippen LogP contribution is -2.46. The van der Waals surface area contributed by atoms with E-state index in [1.807, 2.05) is 26.8 Å². The van der Waals surface area contributed by atoms with E-state index in [0.717, 1.165) is 61.2 Å². The van der Waals surface area contributed by atoms with Gasteiger partial charge >= 0.3 is 6.09 Å². The summed E-state index contributed by atoms with van der Waals surface area (Å²) in [7, 11) is 0. The second-order valence-electron chi connectivity index (χ2n) is 13.1. The molecule has 2 aromatic carbocycles. The normalized spacial score (nSPS) is 16.2. The van der Waals surface area contributed by atoms with Crippen LogP contribution in [0.25, 0.3) is 22.0 Å². The smallest absolute Gasteiger partial charge is 0.407 e. The van der Waals surface area contributed by atoms with Crippen molar-refractivity contribution in [3.8, 4) is 11.1 Å². The maximum atomic E-state index is 12.4. The first-order chi connectivity index (χ1) is 20.9. The van der Waals surface area contributed by atoms with Gasteiger partial charge < -0.3 is 25.4 Å². The van der Waals surface area contributed by atoms with Crippen LogP contribution in [0.2, 0.25) is 0 Å². The first-order valence-electron chi connectivity index (χ1n) is 16.0. The van der Waals surface area contributed by atoms with E-state index in [-0.39, 0.29) is 6.04 Å². The Hall–Kier alpha value is -3.72. The molecule has 0 atom stereocenters. The minimum absolute atomic E-state index is 0.0304. The monoisotopic (exact) mass is 603 g/mol. The number of hydrogen-bond donors (Lipinski definition) is 2. The fourth-order valence-corrected chi connectivity index (χ4v) is 5.40. The van der Waals surface area contributed by atoms with Gasteiger partial charge in [-0.15, -0.1) is 0 Å². The average molecular weight is 604 g/mol. The number of nitrogens with zero attached hydrogens (tertiary/aromatic N) is 3. The summed E-state index contributed by atoms with van der Waals surface area (Å²) in [6.07, 6.45) is 7.33. The van der Waals surface area contributed by atoms with Crippen LogP contribution in [0.5, 0.6) is 0 Å². The van der Waals surface area contributed by atoms with Gasteiger partial charge in [0.15, 0.2) is 0 Å². The molecule has 9 nitrogen and oxygen atoms in total. The zero-order chi connectivity index (χ0) is 31.9. The number of alkyl carbamates (subject to hydrolysis) is 1. The first kappa shape index (κ1) is 33.2. The predicted molar refractivity (Wildman–Crippen MR) is 176 cm³/mol. The minimum Gasteiger partial charge on any atom is -0.444 e. The molecule has 3 N–H and O–H groups in total. The Labute approximate surface area is 261 Å². The molecule has 2 amide bonds. The van der Waals surface area contributed by atoms with Crippen LogP contribution in [0.4, 0.5) is 10.6 Å². The summed E-state index contributed by atoms with van der Waals surface area (Å²) in [6, 6.07) is 12.5. The number of ether oxygens (including phenoxy) is 2. The highest BCUT2D eigenvalue weighted by atomic mass is 16.6. The second-order valence-corrected chi connectivity index (χ2v) is 13.1. The average Bonchev–Trinajstić information content (AvgIpc) is 3.74. The Morgan fingerprint density at radius 1 is 1.00 bits per heavy atom. The molecular formula is C35H49N5O4. The quantitative estimate of drug-likeness (QED) is 0.259. The van der Waals surface area contributed by atoms with Gasteiger partial charge in [-0.1, -0.05) is 45.0 Å². The van der Waals surface area contributed by atoms with Crippen molar-refractivity contribution in [3.05, 3.63) is 53.9 Å². The van der Waals surface area contributed by atoms with E-state index in [1.54, 1.807) is 0 Å². The third kappa shape index (κ3) is 8.68. The van der Waals surface area contributed by atoms with Crippen molar-refractivity contribution in [3.63, 3.8) is 0 Å². The van der Waals surface area contributed by atoms with Gasteiger partial charge in [-0.2, -0.15) is 0 Å². The number of fused-ring (bicyclic) bond motifs is 1. The fourth-order valence-electron chi connectivity index (χ4n) is 5.40. The van der Waals surface area contributed by atoms with Gasteiger partial charge in [-0.05, 0) is 93.5 Å². The van der Waals surface area contributed by atoms with Gasteiger partial charge in [-0.3, -0.25) is 4.79 Å². The third-order valence-electron chi connectivity index (χ3n) is 8.11. The van der Waals surface area contributed by atoms with Crippen LogP contribution in [0.3, 0.4) is 0 Å². The molecule has 44 heavy (non-hydrogen) atoms. The molecule has 0 radical (unpaired) electrons. The van der Waals surface area contributed by atoms with Gasteiger partial charge in [0.05, 0.1) is 11.1 Å². The van der Waals surface area contributed by atoms with E-state index >= 15 is 0 Å². The Morgan fingerprint density at radius 3 is 2.18 bits per heavy atom. The van der Waals surface area contributed by atoms with E-state index in [4.69, 9.17) is 15.2 Å². The van der Waals surface area contributed by atoms with Gasteiger partial charge in [0.2, 0.25) is 0 Å². The number of benzene rings is 2. The Morgan fingerprint density at radius 2 is 1.64 bits per heavy atom. The molecule has 1 aliphatic heterocycles. The zero-order valence-corrected chi connectivity index (χ0v) is 27.2. The molecule has 0 unspecified atom stereocenters. The van der Waals surface area contributed by atoms with Crippen LogP contribution < -0.4 is 16.0 Å². The van der Waals surface area contributed by atoms with Crippen LogP contribution >= 0.6 is 0 Å². The lowest BCUT2D eigenvalue weighted by molar-refractivity contribution is 0.0497. The van der Waals surface area contributed by atoms with Crippen molar-refractivity contribution in [2.24, 2.45) is 5.73 Å². The molecule has 2 fully saturated rings. The Kier molecular flexibility index (Phi) is 10.8. The summed E-state index contributed by atoms with van der Waals surface area (Å²) in [5.74, 6) is 0.256. The third-order valence-corrected chi connectivity index (χ3v) is 8.11. The maximum Gasteiger partial charge on any atom is 0.407 e. The summed E-state index contributed by atoms with van der Waals surface area (Å²) >= 11 is 0. The van der Waals surface area contributed by atoms with E-state index in [0.29, 0.717) is 29.6 Å². The lowest BCUT2D eigenvalue weighted by atomic mass is 9.94. The maximum absolute atomic E-state index is 12.4. The highest BCUT2D eigenvalue weighted by Crippen LogP contribution is 2.47. The van der Waals surface area contributed by atoms with Crippen molar-refractivity contribution < 1.29 is 19.1 Å². The van der Waals surface area contributed by atoms with Crippen molar-refractivity contribution in [2.45, 2.75) is 97.1 Å². The lowest BCUT2D eigenvalue weighted by Gasteiger charge is -2.34. The SMILES string of the molecule is CC(C)(C)OC(=O)NC1CCN(c2ncnc3c(C(N)=O)cc(-c4ccc(C5(C)CC5)cc4)cc23)CC1.CCCOCCC. The van der Waals surface area contributed by atoms with Crippen molar-refractivity contribution in [1.29, 1.82) is 0 Å². The van der Waals surface area contributed by atoms with E-state index in [1.165, 1.54) is 24.7 Å².